The fourth-order valence-corrected chi connectivity index (χ4v) is 3.22. The van der Waals surface area contributed by atoms with Gasteiger partial charge in [-0.1, -0.05) is 35.0 Å². The number of hydrogen-bond acceptors (Lipinski definition) is 3. The van der Waals surface area contributed by atoms with E-state index in [-0.39, 0.29) is 16.0 Å². The maximum absolute atomic E-state index is 11.1. The van der Waals surface area contributed by atoms with Gasteiger partial charge in [-0.05, 0) is 35.7 Å². The monoisotopic (exact) mass is 346 g/mol. The van der Waals surface area contributed by atoms with Gasteiger partial charge < -0.3 is 5.32 Å². The highest BCUT2D eigenvalue weighted by Crippen LogP contribution is 2.43. The second-order valence-electron chi connectivity index (χ2n) is 5.50. The van der Waals surface area contributed by atoms with Crippen molar-refractivity contribution in [2.24, 2.45) is 0 Å². The van der Waals surface area contributed by atoms with Gasteiger partial charge in [0.05, 0.1) is 4.92 Å². The molecule has 4 nitrogen and oxygen atoms in total. The molecule has 0 bridgehead atoms. The number of nitrogens with zero attached hydrogens (tertiary/aromatic N) is 1. The van der Waals surface area contributed by atoms with Gasteiger partial charge in [-0.25, -0.2) is 0 Å². The lowest BCUT2D eigenvalue weighted by molar-refractivity contribution is -0.384. The predicted molar refractivity (Wildman–Crippen MR) is 86.8 cm³/mol. The molecule has 108 valence electrons. The SMILES string of the molecule is CC1(c2ccc(Br)cc2)CCNc2ccc([N+](=O)[O-])cc21. The second kappa shape index (κ2) is 5.15. The molecule has 5 heteroatoms. The van der Waals surface area contributed by atoms with E-state index < -0.39 is 0 Å². The fourth-order valence-electron chi connectivity index (χ4n) is 2.96. The summed E-state index contributed by atoms with van der Waals surface area (Å²) < 4.78 is 1.03. The molecule has 1 atom stereocenters. The Labute approximate surface area is 131 Å². The van der Waals surface area contributed by atoms with Crippen molar-refractivity contribution >= 4 is 27.3 Å². The number of nitro groups is 1. The summed E-state index contributed by atoms with van der Waals surface area (Å²) in [5.74, 6) is 0. The van der Waals surface area contributed by atoms with E-state index in [0.717, 1.165) is 28.7 Å². The zero-order chi connectivity index (χ0) is 15.0. The van der Waals surface area contributed by atoms with Crippen LogP contribution >= 0.6 is 15.9 Å². The van der Waals surface area contributed by atoms with Crippen LogP contribution < -0.4 is 5.32 Å². The molecule has 0 spiro atoms. The summed E-state index contributed by atoms with van der Waals surface area (Å²) in [6.45, 7) is 3.01. The Kier molecular flexibility index (Phi) is 3.45. The highest BCUT2D eigenvalue weighted by atomic mass is 79.9. The maximum Gasteiger partial charge on any atom is 0.269 e. The Morgan fingerprint density at radius 2 is 1.95 bits per heavy atom. The van der Waals surface area contributed by atoms with Gasteiger partial charge in [-0.2, -0.15) is 0 Å². The standard InChI is InChI=1S/C16H15BrN2O2/c1-16(11-2-4-12(17)5-3-11)8-9-18-15-7-6-13(19(20)21)10-14(15)16/h2-7,10,18H,8-9H2,1H3. The van der Waals surface area contributed by atoms with Crippen LogP contribution in [0, 0.1) is 10.1 Å². The van der Waals surface area contributed by atoms with Gasteiger partial charge in [0, 0.05) is 34.3 Å². The molecule has 2 aromatic rings. The van der Waals surface area contributed by atoms with E-state index in [1.807, 2.05) is 18.2 Å². The Morgan fingerprint density at radius 3 is 2.62 bits per heavy atom. The Bertz CT molecular complexity index is 700. The molecule has 1 aliphatic heterocycles. The average Bonchev–Trinajstić information content (AvgIpc) is 2.48. The van der Waals surface area contributed by atoms with Gasteiger partial charge in [0.25, 0.3) is 5.69 Å². The van der Waals surface area contributed by atoms with E-state index in [4.69, 9.17) is 0 Å². The number of nitrogens with one attached hydrogen (secondary N) is 1. The minimum absolute atomic E-state index is 0.140. The average molecular weight is 347 g/mol. The summed E-state index contributed by atoms with van der Waals surface area (Å²) in [5.41, 5.74) is 3.07. The number of fused-ring (bicyclic) bond motifs is 1. The third-order valence-electron chi connectivity index (χ3n) is 4.23. The molecule has 1 heterocycles. The molecule has 1 aliphatic rings. The lowest BCUT2D eigenvalue weighted by Crippen LogP contribution is -2.32. The molecule has 3 rings (SSSR count). The van der Waals surface area contributed by atoms with Crippen LogP contribution in [0.15, 0.2) is 46.9 Å². The highest BCUT2D eigenvalue weighted by Gasteiger charge is 2.35. The lowest BCUT2D eigenvalue weighted by Gasteiger charge is -2.37. The Hall–Kier alpha value is -1.88. The second-order valence-corrected chi connectivity index (χ2v) is 6.42. The Balaban J connectivity index is 2.16. The first kappa shape index (κ1) is 14.1. The number of hydrogen-bond donors (Lipinski definition) is 1. The van der Waals surface area contributed by atoms with Crippen molar-refractivity contribution in [1.29, 1.82) is 0 Å². The summed E-state index contributed by atoms with van der Waals surface area (Å²) in [6.07, 6.45) is 0.906. The van der Waals surface area contributed by atoms with Gasteiger partial charge in [-0.3, -0.25) is 10.1 Å². The summed E-state index contributed by atoms with van der Waals surface area (Å²) >= 11 is 3.45. The minimum Gasteiger partial charge on any atom is -0.385 e. The molecule has 2 aromatic carbocycles. The van der Waals surface area contributed by atoms with Crippen LogP contribution in [0.4, 0.5) is 11.4 Å². The first-order valence-electron chi connectivity index (χ1n) is 6.79. The van der Waals surface area contributed by atoms with Crippen molar-refractivity contribution in [2.45, 2.75) is 18.8 Å². The predicted octanol–water partition coefficient (Wildman–Crippen LogP) is 4.48. The molecule has 1 N–H and O–H groups in total. The molecule has 0 amide bonds. The highest BCUT2D eigenvalue weighted by molar-refractivity contribution is 9.10. The molecule has 0 fully saturated rings. The topological polar surface area (TPSA) is 55.2 Å². The van der Waals surface area contributed by atoms with Crippen molar-refractivity contribution in [1.82, 2.24) is 0 Å². The number of nitro benzene ring substituents is 1. The van der Waals surface area contributed by atoms with Crippen molar-refractivity contribution in [3.63, 3.8) is 0 Å². The summed E-state index contributed by atoms with van der Waals surface area (Å²) in [5, 5.41) is 14.4. The van der Waals surface area contributed by atoms with Crippen LogP contribution in [0.3, 0.4) is 0 Å². The molecule has 0 aromatic heterocycles. The maximum atomic E-state index is 11.1. The van der Waals surface area contributed by atoms with Gasteiger partial charge in [0.2, 0.25) is 0 Å². The summed E-state index contributed by atoms with van der Waals surface area (Å²) in [7, 11) is 0. The smallest absolute Gasteiger partial charge is 0.269 e. The summed E-state index contributed by atoms with van der Waals surface area (Å²) in [4.78, 5) is 10.7. The quantitative estimate of drug-likeness (QED) is 0.644. The van der Waals surface area contributed by atoms with Gasteiger partial charge in [-0.15, -0.1) is 0 Å². The van der Waals surface area contributed by atoms with Crippen LogP contribution in [0.2, 0.25) is 0 Å². The van der Waals surface area contributed by atoms with E-state index in [2.05, 4.69) is 40.3 Å². The fraction of sp³-hybridized carbons (Fsp3) is 0.250. The number of rotatable bonds is 2. The van der Waals surface area contributed by atoms with E-state index >= 15 is 0 Å². The van der Waals surface area contributed by atoms with E-state index in [0.29, 0.717) is 0 Å². The normalized spacial score (nSPS) is 20.5. The van der Waals surface area contributed by atoms with Crippen LogP contribution in [-0.2, 0) is 5.41 Å². The molecule has 21 heavy (non-hydrogen) atoms. The van der Waals surface area contributed by atoms with Crippen LogP contribution in [0.1, 0.15) is 24.5 Å². The lowest BCUT2D eigenvalue weighted by atomic mass is 9.71. The van der Waals surface area contributed by atoms with Crippen molar-refractivity contribution < 1.29 is 4.92 Å². The largest absolute Gasteiger partial charge is 0.385 e. The van der Waals surface area contributed by atoms with E-state index in [9.17, 15) is 10.1 Å². The number of benzene rings is 2. The molecule has 0 radical (unpaired) electrons. The number of halogens is 1. The summed E-state index contributed by atoms with van der Waals surface area (Å²) in [6, 6.07) is 13.3. The zero-order valence-corrected chi connectivity index (χ0v) is 13.2. The number of non-ortho nitro benzene ring substituents is 1. The first-order valence-corrected chi connectivity index (χ1v) is 7.59. The van der Waals surface area contributed by atoms with Crippen LogP contribution in [0.25, 0.3) is 0 Å². The molecular formula is C16H15BrN2O2. The van der Waals surface area contributed by atoms with Gasteiger partial charge in [0.1, 0.15) is 0 Å². The Morgan fingerprint density at radius 1 is 1.24 bits per heavy atom. The molecule has 0 saturated heterocycles. The molecule has 1 unspecified atom stereocenters. The first-order chi connectivity index (χ1) is 10.0. The van der Waals surface area contributed by atoms with Gasteiger partial charge in [0.15, 0.2) is 0 Å². The van der Waals surface area contributed by atoms with E-state index in [1.54, 1.807) is 12.1 Å². The zero-order valence-electron chi connectivity index (χ0n) is 11.6. The van der Waals surface area contributed by atoms with E-state index in [1.165, 1.54) is 5.56 Å². The molecule has 0 aliphatic carbocycles. The molecule has 0 saturated carbocycles. The van der Waals surface area contributed by atoms with Crippen molar-refractivity contribution in [3.8, 4) is 0 Å². The van der Waals surface area contributed by atoms with Crippen molar-refractivity contribution in [2.75, 3.05) is 11.9 Å². The third-order valence-corrected chi connectivity index (χ3v) is 4.76. The van der Waals surface area contributed by atoms with Crippen LogP contribution in [-0.4, -0.2) is 11.5 Å². The minimum atomic E-state index is -0.336. The number of anilines is 1. The van der Waals surface area contributed by atoms with Crippen LogP contribution in [0.5, 0.6) is 0 Å². The third kappa shape index (κ3) is 2.42. The van der Waals surface area contributed by atoms with Crippen molar-refractivity contribution in [3.05, 3.63) is 68.2 Å². The molecular weight excluding hydrogens is 332 g/mol. The van der Waals surface area contributed by atoms with Gasteiger partial charge >= 0.3 is 0 Å².